The topological polar surface area (TPSA) is 77.3 Å². The van der Waals surface area contributed by atoms with Gasteiger partial charge in [0.25, 0.3) is 0 Å². The number of carbonyl (C=O) groups is 1. The second-order valence-corrected chi connectivity index (χ2v) is 7.81. The summed E-state index contributed by atoms with van der Waals surface area (Å²) >= 11 is 11.9. The first-order chi connectivity index (χ1) is 14.0. The van der Waals surface area contributed by atoms with Gasteiger partial charge < -0.3 is 14.8 Å². The first-order valence-electron chi connectivity index (χ1n) is 8.72. The number of methoxy groups -OCH3 is 1. The molecule has 162 valence electrons. The minimum absolute atomic E-state index is 0.0142. The van der Waals surface area contributed by atoms with E-state index in [-0.39, 0.29) is 45.5 Å². The summed E-state index contributed by atoms with van der Waals surface area (Å²) in [5.74, 6) is -0.849. The minimum atomic E-state index is -4.60. The number of hydrogen-bond donors (Lipinski definition) is 2. The van der Waals surface area contributed by atoms with Crippen LogP contribution in [0.5, 0.6) is 0 Å². The molecule has 0 aliphatic carbocycles. The molecule has 0 radical (unpaired) electrons. The Hall–Kier alpha value is -2.04. The fourth-order valence-electron chi connectivity index (χ4n) is 3.68. The Morgan fingerprint density at radius 3 is 2.40 bits per heavy atom. The summed E-state index contributed by atoms with van der Waals surface area (Å²) in [6, 6.07) is 7.64. The Bertz CT molecular complexity index is 951. The number of rotatable bonds is 4. The van der Waals surface area contributed by atoms with E-state index in [0.29, 0.717) is 0 Å². The van der Waals surface area contributed by atoms with E-state index >= 15 is 0 Å². The number of carbonyl (C=O) groups excluding carboxylic acids is 1. The summed E-state index contributed by atoms with van der Waals surface area (Å²) in [6.45, 7) is -0.440. The maximum atomic E-state index is 14.2. The van der Waals surface area contributed by atoms with Crippen molar-refractivity contribution in [2.24, 2.45) is 0 Å². The number of anilines is 1. The van der Waals surface area contributed by atoms with Crippen LogP contribution < -0.4 is 10.1 Å². The Labute approximate surface area is 179 Å². The molecular weight excluding hydrogens is 448 g/mol. The molecule has 30 heavy (non-hydrogen) atoms. The molecule has 0 saturated carbocycles. The molecule has 0 bridgehead atoms. The molecule has 0 aromatic heterocycles. The fourth-order valence-corrected chi connectivity index (χ4v) is 4.21. The average molecular weight is 465 g/mol. The van der Waals surface area contributed by atoms with Crippen molar-refractivity contribution in [3.8, 4) is 0 Å². The number of benzene rings is 2. The number of nitrogens with one attached hydrogen (secondary N) is 1. The normalized spacial score (nSPS) is 20.3. The number of nitrogens with zero attached hydrogens (tertiary/aromatic N) is 1. The maximum absolute atomic E-state index is 14.2. The van der Waals surface area contributed by atoms with Gasteiger partial charge in [-0.05, 0) is 42.3 Å². The van der Waals surface area contributed by atoms with Crippen LogP contribution in [0.1, 0.15) is 22.3 Å². The minimum Gasteiger partial charge on any atom is -0.595 e. The molecule has 2 aromatic carbocycles. The molecule has 1 saturated heterocycles. The summed E-state index contributed by atoms with van der Waals surface area (Å²) in [5.41, 5.74) is -2.57. The SMILES string of the molecule is COC(=O)c1ccc(N2CCC(c3cc(Cl)cc(Cl)c3)(C(F)(F)F)C2)cc1[NH+]([O-])O. The van der Waals surface area contributed by atoms with Crippen molar-refractivity contribution < 1.29 is 33.1 Å². The van der Waals surface area contributed by atoms with E-state index < -0.39 is 29.3 Å². The van der Waals surface area contributed by atoms with Gasteiger partial charge >= 0.3 is 12.1 Å². The van der Waals surface area contributed by atoms with E-state index in [9.17, 15) is 28.4 Å². The Balaban J connectivity index is 2.03. The van der Waals surface area contributed by atoms with Crippen LogP contribution in [0, 0.1) is 5.21 Å². The summed E-state index contributed by atoms with van der Waals surface area (Å²) in [6.07, 6.45) is -4.87. The summed E-state index contributed by atoms with van der Waals surface area (Å²) in [5, 5.41) is 19.8. The van der Waals surface area contributed by atoms with Gasteiger partial charge in [0.05, 0.1) is 7.11 Å². The van der Waals surface area contributed by atoms with Gasteiger partial charge in [-0.1, -0.05) is 23.2 Å². The summed E-state index contributed by atoms with van der Waals surface area (Å²) in [4.78, 5) is 13.2. The largest absolute Gasteiger partial charge is 0.595 e. The smallest absolute Gasteiger partial charge is 0.400 e. The highest BCUT2D eigenvalue weighted by molar-refractivity contribution is 6.34. The number of ether oxygens (including phenoxy) is 1. The second kappa shape index (κ2) is 8.24. The third-order valence-electron chi connectivity index (χ3n) is 5.23. The molecule has 2 aromatic rings. The van der Waals surface area contributed by atoms with Crippen LogP contribution in [0.25, 0.3) is 0 Å². The Morgan fingerprint density at radius 2 is 1.87 bits per heavy atom. The molecule has 2 atom stereocenters. The number of esters is 1. The molecule has 2 N–H and O–H groups in total. The number of quaternary nitrogens is 1. The lowest BCUT2D eigenvalue weighted by atomic mass is 9.79. The van der Waals surface area contributed by atoms with Crippen molar-refractivity contribution in [1.29, 1.82) is 0 Å². The predicted octanol–water partition coefficient (Wildman–Crippen LogP) is 3.89. The molecule has 1 fully saturated rings. The van der Waals surface area contributed by atoms with Gasteiger partial charge in [0.2, 0.25) is 0 Å². The van der Waals surface area contributed by atoms with Crippen molar-refractivity contribution in [3.05, 3.63) is 62.8 Å². The molecular formula is C19H17Cl2F3N2O4. The van der Waals surface area contributed by atoms with Crippen LogP contribution in [0.15, 0.2) is 36.4 Å². The number of hydrogen-bond acceptors (Lipinski definition) is 5. The zero-order valence-electron chi connectivity index (χ0n) is 15.6. The van der Waals surface area contributed by atoms with Crippen molar-refractivity contribution in [2.75, 3.05) is 25.1 Å². The quantitative estimate of drug-likeness (QED) is 0.530. The van der Waals surface area contributed by atoms with E-state index in [1.807, 2.05) is 0 Å². The van der Waals surface area contributed by atoms with Crippen molar-refractivity contribution in [2.45, 2.75) is 18.0 Å². The Morgan fingerprint density at radius 1 is 1.23 bits per heavy atom. The first-order valence-corrected chi connectivity index (χ1v) is 9.48. The molecule has 0 amide bonds. The third kappa shape index (κ3) is 4.08. The molecule has 11 heteroatoms. The number of alkyl halides is 3. The zero-order chi connectivity index (χ0) is 22.3. The van der Waals surface area contributed by atoms with Gasteiger partial charge in [-0.15, -0.1) is 0 Å². The molecule has 2 unspecified atom stereocenters. The maximum Gasteiger partial charge on any atom is 0.400 e. The average Bonchev–Trinajstić information content (AvgIpc) is 3.13. The van der Waals surface area contributed by atoms with E-state index in [4.69, 9.17) is 23.2 Å². The van der Waals surface area contributed by atoms with E-state index in [1.54, 1.807) is 0 Å². The monoisotopic (exact) mass is 464 g/mol. The van der Waals surface area contributed by atoms with Crippen LogP contribution in [0.2, 0.25) is 10.0 Å². The van der Waals surface area contributed by atoms with E-state index in [2.05, 4.69) is 4.74 Å². The number of halogens is 5. The van der Waals surface area contributed by atoms with Gasteiger partial charge in [0.15, 0.2) is 5.69 Å². The van der Waals surface area contributed by atoms with Crippen LogP contribution in [0.4, 0.5) is 24.5 Å². The van der Waals surface area contributed by atoms with Gasteiger partial charge in [-0.2, -0.15) is 18.4 Å². The van der Waals surface area contributed by atoms with Crippen LogP contribution in [-0.2, 0) is 10.2 Å². The van der Waals surface area contributed by atoms with Gasteiger partial charge in [0, 0.05) is 34.9 Å². The lowest BCUT2D eigenvalue weighted by molar-refractivity contribution is -0.991. The third-order valence-corrected chi connectivity index (χ3v) is 5.67. The highest BCUT2D eigenvalue weighted by Crippen LogP contribution is 2.49. The molecule has 1 aliphatic rings. The molecule has 1 aliphatic heterocycles. The first kappa shape index (κ1) is 22.6. The highest BCUT2D eigenvalue weighted by Gasteiger charge is 2.59. The van der Waals surface area contributed by atoms with Gasteiger partial charge in [0.1, 0.15) is 11.0 Å². The molecule has 0 spiro atoms. The van der Waals surface area contributed by atoms with Crippen LogP contribution in [-0.4, -0.2) is 37.6 Å². The molecule has 3 rings (SSSR count). The molecule has 1 heterocycles. The fraction of sp³-hybridized carbons (Fsp3) is 0.316. The van der Waals surface area contributed by atoms with Crippen molar-refractivity contribution >= 4 is 40.5 Å². The van der Waals surface area contributed by atoms with Crippen molar-refractivity contribution in [1.82, 2.24) is 0 Å². The highest BCUT2D eigenvalue weighted by atomic mass is 35.5. The second-order valence-electron chi connectivity index (χ2n) is 6.94. The predicted molar refractivity (Wildman–Crippen MR) is 105 cm³/mol. The standard InChI is InChI=1S/C19H17Cl2F3N2O4/c1-30-17(27)15-3-2-14(9-16(15)26(28)29)25-5-4-18(10-25,19(22,23)24)11-6-12(20)8-13(21)7-11/h2-3,6-9,26,28H,4-5,10H2,1H3. The lowest BCUT2D eigenvalue weighted by Gasteiger charge is -2.33. The molecule has 6 nitrogen and oxygen atoms in total. The van der Waals surface area contributed by atoms with Crippen LogP contribution in [0.3, 0.4) is 0 Å². The van der Waals surface area contributed by atoms with Crippen LogP contribution >= 0.6 is 23.2 Å². The lowest BCUT2D eigenvalue weighted by Crippen LogP contribution is -2.99. The van der Waals surface area contributed by atoms with Crippen molar-refractivity contribution in [3.63, 3.8) is 0 Å². The van der Waals surface area contributed by atoms with E-state index in [0.717, 1.165) is 7.11 Å². The summed E-state index contributed by atoms with van der Waals surface area (Å²) < 4.78 is 47.2. The van der Waals surface area contributed by atoms with Gasteiger partial charge in [-0.25, -0.2) is 10.0 Å². The van der Waals surface area contributed by atoms with Gasteiger partial charge in [-0.3, -0.25) is 0 Å². The zero-order valence-corrected chi connectivity index (χ0v) is 17.1. The van der Waals surface area contributed by atoms with E-state index in [1.165, 1.54) is 41.3 Å². The summed E-state index contributed by atoms with van der Waals surface area (Å²) in [7, 11) is 1.11. The Kier molecular flexibility index (Phi) is 6.22.